The van der Waals surface area contributed by atoms with Crippen molar-refractivity contribution in [2.24, 2.45) is 5.92 Å². The predicted octanol–water partition coefficient (Wildman–Crippen LogP) is 1.52. The van der Waals surface area contributed by atoms with Crippen molar-refractivity contribution in [3.8, 4) is 0 Å². The van der Waals surface area contributed by atoms with Crippen LogP contribution >= 0.6 is 0 Å². The summed E-state index contributed by atoms with van der Waals surface area (Å²) in [4.78, 5) is 18.8. The van der Waals surface area contributed by atoms with Gasteiger partial charge in [-0.3, -0.25) is 9.69 Å². The summed E-state index contributed by atoms with van der Waals surface area (Å²) in [6, 6.07) is 10.1. The van der Waals surface area contributed by atoms with Gasteiger partial charge < -0.3 is 14.9 Å². The van der Waals surface area contributed by atoms with Gasteiger partial charge in [0.2, 0.25) is 11.8 Å². The van der Waals surface area contributed by atoms with E-state index in [1.165, 1.54) is 5.56 Å². The lowest BCUT2D eigenvalue weighted by molar-refractivity contribution is -0.128. The van der Waals surface area contributed by atoms with Crippen molar-refractivity contribution in [2.75, 3.05) is 7.05 Å². The van der Waals surface area contributed by atoms with Gasteiger partial charge in [-0.1, -0.05) is 42.4 Å². The highest BCUT2D eigenvalue weighted by atomic mass is 16.5. The van der Waals surface area contributed by atoms with E-state index in [0.717, 1.165) is 13.0 Å². The number of aliphatic hydroxyl groups excluding tert-OH is 1. The smallest absolute Gasteiger partial charge is 0.226 e. The first-order chi connectivity index (χ1) is 12.6. The molecule has 2 aromatic rings. The van der Waals surface area contributed by atoms with Crippen LogP contribution < -0.4 is 5.32 Å². The van der Waals surface area contributed by atoms with E-state index in [-0.39, 0.29) is 18.5 Å². The number of carbonyl (C=O) groups excluding carboxylic acids is 1. The highest BCUT2D eigenvalue weighted by Gasteiger charge is 2.40. The quantitative estimate of drug-likeness (QED) is 0.780. The number of carbonyl (C=O) groups is 1. The maximum Gasteiger partial charge on any atom is 0.226 e. The number of amides is 1. The Morgan fingerprint density at radius 3 is 2.81 bits per heavy atom. The van der Waals surface area contributed by atoms with Crippen LogP contribution in [0.25, 0.3) is 0 Å². The van der Waals surface area contributed by atoms with E-state index >= 15 is 0 Å². The minimum absolute atomic E-state index is 0.0252. The second-order valence-corrected chi connectivity index (χ2v) is 6.82. The van der Waals surface area contributed by atoms with E-state index < -0.39 is 12.0 Å². The van der Waals surface area contributed by atoms with Crippen LogP contribution in [0.15, 0.2) is 34.9 Å². The predicted molar refractivity (Wildman–Crippen MR) is 96.0 cm³/mol. The minimum atomic E-state index is -0.680. The monoisotopic (exact) mass is 358 g/mol. The second kappa shape index (κ2) is 8.42. The lowest BCUT2D eigenvalue weighted by Crippen LogP contribution is -2.43. The number of nitrogens with one attached hydrogen (secondary N) is 1. The molecule has 1 amide bonds. The summed E-state index contributed by atoms with van der Waals surface area (Å²) >= 11 is 0. The number of hydrogen-bond donors (Lipinski definition) is 2. The fraction of sp³-hybridized carbons (Fsp3) is 0.526. The largest absolute Gasteiger partial charge is 0.391 e. The summed E-state index contributed by atoms with van der Waals surface area (Å²) in [6.45, 7) is 2.90. The molecule has 26 heavy (non-hydrogen) atoms. The molecule has 140 valence electrons. The SMILES string of the molecule is CCc1nc(CNC(=O)[C@@H]2CC[C@@H](N(C)Cc3ccccc3)[C@H]2O)no1. The highest BCUT2D eigenvalue weighted by Crippen LogP contribution is 2.30. The van der Waals surface area contributed by atoms with Crippen molar-refractivity contribution in [3.05, 3.63) is 47.6 Å². The maximum atomic E-state index is 12.5. The molecule has 0 saturated heterocycles. The van der Waals surface area contributed by atoms with E-state index in [4.69, 9.17) is 4.52 Å². The number of nitrogens with zero attached hydrogens (tertiary/aromatic N) is 3. The second-order valence-electron chi connectivity index (χ2n) is 6.82. The summed E-state index contributed by atoms with van der Waals surface area (Å²) in [6.07, 6.45) is 1.45. The lowest BCUT2D eigenvalue weighted by atomic mass is 10.0. The molecule has 7 heteroatoms. The summed E-state index contributed by atoms with van der Waals surface area (Å²) in [5.41, 5.74) is 1.19. The van der Waals surface area contributed by atoms with Gasteiger partial charge in [0.05, 0.1) is 18.6 Å². The third-order valence-corrected chi connectivity index (χ3v) is 4.99. The first-order valence-electron chi connectivity index (χ1n) is 9.10. The summed E-state index contributed by atoms with van der Waals surface area (Å²) in [5, 5.41) is 17.3. The van der Waals surface area contributed by atoms with Crippen LogP contribution in [0.3, 0.4) is 0 Å². The van der Waals surface area contributed by atoms with Crippen molar-refractivity contribution < 1.29 is 14.4 Å². The summed E-state index contributed by atoms with van der Waals surface area (Å²) in [5.74, 6) is 0.449. The highest BCUT2D eigenvalue weighted by molar-refractivity contribution is 5.79. The molecule has 1 aliphatic rings. The molecule has 0 aliphatic heterocycles. The van der Waals surface area contributed by atoms with Gasteiger partial charge in [0, 0.05) is 19.0 Å². The van der Waals surface area contributed by atoms with Gasteiger partial charge in [-0.25, -0.2) is 0 Å². The van der Waals surface area contributed by atoms with Crippen LogP contribution in [0, 0.1) is 5.92 Å². The maximum absolute atomic E-state index is 12.5. The number of rotatable bonds is 7. The molecular formula is C19H26N4O3. The molecule has 1 aromatic heterocycles. The van der Waals surface area contributed by atoms with Gasteiger partial charge >= 0.3 is 0 Å². The van der Waals surface area contributed by atoms with Gasteiger partial charge in [-0.2, -0.15) is 4.98 Å². The zero-order valence-corrected chi connectivity index (χ0v) is 15.3. The first-order valence-corrected chi connectivity index (χ1v) is 9.10. The molecule has 0 bridgehead atoms. The Kier molecular flexibility index (Phi) is 6.00. The Hall–Kier alpha value is -2.25. The average molecular weight is 358 g/mol. The van der Waals surface area contributed by atoms with E-state index in [0.29, 0.717) is 24.6 Å². The number of aliphatic hydroxyl groups is 1. The van der Waals surface area contributed by atoms with Crippen LogP contribution in [0.2, 0.25) is 0 Å². The van der Waals surface area contributed by atoms with Crippen LogP contribution in [-0.4, -0.2) is 45.2 Å². The molecule has 1 heterocycles. The molecule has 0 spiro atoms. The zero-order chi connectivity index (χ0) is 18.5. The van der Waals surface area contributed by atoms with Crippen LogP contribution in [0.4, 0.5) is 0 Å². The Morgan fingerprint density at radius 1 is 1.35 bits per heavy atom. The topological polar surface area (TPSA) is 91.5 Å². The fourth-order valence-electron chi connectivity index (χ4n) is 3.52. The molecule has 1 aliphatic carbocycles. The Labute approximate surface area is 153 Å². The molecule has 0 unspecified atom stereocenters. The van der Waals surface area contributed by atoms with E-state index in [9.17, 15) is 9.90 Å². The van der Waals surface area contributed by atoms with Crippen LogP contribution in [0.1, 0.15) is 37.0 Å². The molecule has 7 nitrogen and oxygen atoms in total. The van der Waals surface area contributed by atoms with Gasteiger partial charge in [0.15, 0.2) is 5.82 Å². The molecule has 3 atom stereocenters. The number of aromatic nitrogens is 2. The van der Waals surface area contributed by atoms with Crippen molar-refractivity contribution >= 4 is 5.91 Å². The molecule has 1 fully saturated rings. The van der Waals surface area contributed by atoms with Crippen molar-refractivity contribution in [1.82, 2.24) is 20.4 Å². The average Bonchev–Trinajstić information content (AvgIpc) is 3.27. The van der Waals surface area contributed by atoms with Gasteiger partial charge in [-0.15, -0.1) is 0 Å². The normalized spacial score (nSPS) is 22.7. The van der Waals surface area contributed by atoms with Gasteiger partial charge in [0.1, 0.15) is 0 Å². The third-order valence-electron chi connectivity index (χ3n) is 4.99. The van der Waals surface area contributed by atoms with E-state index in [2.05, 4.69) is 32.5 Å². The Balaban J connectivity index is 1.52. The van der Waals surface area contributed by atoms with Crippen molar-refractivity contribution in [2.45, 2.75) is 51.4 Å². The molecule has 1 aromatic carbocycles. The molecule has 0 radical (unpaired) electrons. The standard InChI is InChI=1S/C19H26N4O3/c1-3-17-21-16(22-26-17)11-20-19(25)14-9-10-15(18(14)24)23(2)12-13-7-5-4-6-8-13/h4-8,14-15,18,24H,3,9-12H2,1-2H3,(H,20,25)/t14-,15-,18+/m1/s1. The van der Waals surface area contributed by atoms with Crippen LogP contribution in [0.5, 0.6) is 0 Å². The van der Waals surface area contributed by atoms with Crippen LogP contribution in [-0.2, 0) is 24.3 Å². The Morgan fingerprint density at radius 2 is 2.12 bits per heavy atom. The number of hydrogen-bond acceptors (Lipinski definition) is 6. The molecule has 3 rings (SSSR count). The molecular weight excluding hydrogens is 332 g/mol. The van der Waals surface area contributed by atoms with Crippen molar-refractivity contribution in [3.63, 3.8) is 0 Å². The lowest BCUT2D eigenvalue weighted by Gasteiger charge is -2.28. The van der Waals surface area contributed by atoms with Crippen molar-refractivity contribution in [1.29, 1.82) is 0 Å². The van der Waals surface area contributed by atoms with E-state index in [1.54, 1.807) is 0 Å². The first kappa shape index (κ1) is 18.5. The number of likely N-dealkylation sites (N-methyl/N-ethyl adjacent to an activating group) is 1. The Bertz CT molecular complexity index is 719. The van der Waals surface area contributed by atoms with Gasteiger partial charge in [0.25, 0.3) is 0 Å². The fourth-order valence-corrected chi connectivity index (χ4v) is 3.52. The summed E-state index contributed by atoms with van der Waals surface area (Å²) < 4.78 is 5.03. The summed E-state index contributed by atoms with van der Waals surface area (Å²) in [7, 11) is 1.99. The van der Waals surface area contributed by atoms with E-state index in [1.807, 2.05) is 32.2 Å². The number of aryl methyl sites for hydroxylation is 1. The molecule has 1 saturated carbocycles. The zero-order valence-electron chi connectivity index (χ0n) is 15.3. The van der Waals surface area contributed by atoms with Gasteiger partial charge in [-0.05, 0) is 25.5 Å². The minimum Gasteiger partial charge on any atom is -0.391 e. The third kappa shape index (κ3) is 4.28. The number of benzene rings is 1. The molecule has 2 N–H and O–H groups in total.